The molecular weight excluding hydrogens is 340 g/mol. The normalized spacial score (nSPS) is 46.5. The Balaban J connectivity index is 1.49. The smallest absolute Gasteiger partial charge is 0.0577 e. The molecule has 4 aliphatic rings. The fourth-order valence-electron chi connectivity index (χ4n) is 8.67. The maximum atomic E-state index is 10.2. The first-order valence-corrected chi connectivity index (χ1v) is 12.6. The summed E-state index contributed by atoms with van der Waals surface area (Å²) in [5.41, 5.74) is 2.60. The van der Waals surface area contributed by atoms with E-state index in [9.17, 15) is 5.11 Å². The molecule has 0 aromatic carbocycles. The third-order valence-electron chi connectivity index (χ3n) is 10.3. The van der Waals surface area contributed by atoms with E-state index in [0.29, 0.717) is 10.8 Å². The summed E-state index contributed by atoms with van der Waals surface area (Å²) in [7, 11) is 0. The maximum absolute atomic E-state index is 10.2. The van der Waals surface area contributed by atoms with Gasteiger partial charge in [-0.15, -0.1) is 0 Å². The summed E-state index contributed by atoms with van der Waals surface area (Å²) in [6.07, 6.45) is 17.2. The molecule has 160 valence electrons. The summed E-state index contributed by atoms with van der Waals surface area (Å²) in [6, 6.07) is 0. The highest BCUT2D eigenvalue weighted by Crippen LogP contribution is 2.67. The molecule has 3 saturated carbocycles. The van der Waals surface area contributed by atoms with Crippen LogP contribution in [0, 0.1) is 46.3 Å². The van der Waals surface area contributed by atoms with E-state index in [2.05, 4.69) is 40.7 Å². The summed E-state index contributed by atoms with van der Waals surface area (Å²) in [5, 5.41) is 10.2. The summed E-state index contributed by atoms with van der Waals surface area (Å²) in [5.74, 6) is 5.46. The number of allylic oxidation sites excluding steroid dienone is 1. The van der Waals surface area contributed by atoms with Crippen molar-refractivity contribution in [2.45, 2.75) is 111 Å². The SMILES string of the molecule is CC(C)CCCC(C)[C@H]1CC[C@H]2C3CC=C4C[C@@H](O)CC[C@]4(C)[C@H]3CC[C@]12C. The van der Waals surface area contributed by atoms with E-state index < -0.39 is 0 Å². The van der Waals surface area contributed by atoms with Gasteiger partial charge in [-0.1, -0.05) is 65.5 Å². The molecule has 28 heavy (non-hydrogen) atoms. The van der Waals surface area contributed by atoms with Gasteiger partial charge in [0.1, 0.15) is 0 Å². The molecule has 0 spiro atoms. The number of aliphatic hydroxyl groups excluding tert-OH is 1. The first kappa shape index (κ1) is 21.0. The zero-order chi connectivity index (χ0) is 20.1. The summed E-state index contributed by atoms with van der Waals surface area (Å²) >= 11 is 0. The van der Waals surface area contributed by atoms with Crippen LogP contribution in [0.1, 0.15) is 105 Å². The number of hydrogen-bond donors (Lipinski definition) is 1. The van der Waals surface area contributed by atoms with Crippen molar-refractivity contribution in [3.8, 4) is 0 Å². The van der Waals surface area contributed by atoms with Gasteiger partial charge in [-0.2, -0.15) is 0 Å². The molecule has 0 radical (unpaired) electrons. The summed E-state index contributed by atoms with van der Waals surface area (Å²) in [4.78, 5) is 0. The molecule has 4 aliphatic carbocycles. The van der Waals surface area contributed by atoms with E-state index in [1.807, 2.05) is 0 Å². The monoisotopic (exact) mass is 386 g/mol. The minimum absolute atomic E-state index is 0.0766. The van der Waals surface area contributed by atoms with Crippen LogP contribution in [-0.2, 0) is 0 Å². The van der Waals surface area contributed by atoms with Crippen molar-refractivity contribution in [2.24, 2.45) is 46.3 Å². The van der Waals surface area contributed by atoms with Crippen LogP contribution in [0.25, 0.3) is 0 Å². The van der Waals surface area contributed by atoms with Gasteiger partial charge in [-0.25, -0.2) is 0 Å². The van der Waals surface area contributed by atoms with E-state index in [1.165, 1.54) is 57.8 Å². The molecule has 0 aliphatic heterocycles. The predicted molar refractivity (Wildman–Crippen MR) is 119 cm³/mol. The lowest BCUT2D eigenvalue weighted by atomic mass is 9.47. The molecule has 1 N–H and O–H groups in total. The van der Waals surface area contributed by atoms with Crippen molar-refractivity contribution >= 4 is 0 Å². The zero-order valence-corrected chi connectivity index (χ0v) is 19.3. The van der Waals surface area contributed by atoms with Gasteiger partial charge < -0.3 is 5.11 Å². The Kier molecular flexibility index (Phi) is 5.80. The van der Waals surface area contributed by atoms with Crippen LogP contribution >= 0.6 is 0 Å². The Labute approximate surface area is 174 Å². The van der Waals surface area contributed by atoms with Crippen LogP contribution in [0.15, 0.2) is 11.6 Å². The van der Waals surface area contributed by atoms with Crippen molar-refractivity contribution in [2.75, 3.05) is 0 Å². The Morgan fingerprint density at radius 2 is 1.79 bits per heavy atom. The lowest BCUT2D eigenvalue weighted by molar-refractivity contribution is -0.0573. The van der Waals surface area contributed by atoms with Gasteiger partial charge in [0.15, 0.2) is 0 Å². The highest BCUT2D eigenvalue weighted by atomic mass is 16.3. The Bertz CT molecular complexity index is 591. The molecule has 0 aromatic heterocycles. The van der Waals surface area contributed by atoms with Crippen LogP contribution in [0.5, 0.6) is 0 Å². The van der Waals surface area contributed by atoms with Gasteiger partial charge in [0.25, 0.3) is 0 Å². The van der Waals surface area contributed by atoms with Crippen molar-refractivity contribution < 1.29 is 5.11 Å². The third kappa shape index (κ3) is 3.42. The van der Waals surface area contributed by atoms with Crippen molar-refractivity contribution in [3.63, 3.8) is 0 Å². The lowest BCUT2D eigenvalue weighted by Gasteiger charge is -2.58. The first-order chi connectivity index (χ1) is 13.3. The minimum Gasteiger partial charge on any atom is -0.393 e. The Morgan fingerprint density at radius 3 is 2.54 bits per heavy atom. The molecule has 0 aromatic rings. The Morgan fingerprint density at radius 1 is 1.00 bits per heavy atom. The lowest BCUT2D eigenvalue weighted by Crippen LogP contribution is -2.50. The molecule has 0 heterocycles. The number of hydrogen-bond acceptors (Lipinski definition) is 1. The van der Waals surface area contributed by atoms with Gasteiger partial charge in [-0.3, -0.25) is 0 Å². The summed E-state index contributed by atoms with van der Waals surface area (Å²) in [6.45, 7) is 12.6. The number of fused-ring (bicyclic) bond motifs is 5. The van der Waals surface area contributed by atoms with Gasteiger partial charge in [0, 0.05) is 0 Å². The highest BCUT2D eigenvalue weighted by Gasteiger charge is 2.59. The van der Waals surface area contributed by atoms with Crippen LogP contribution in [0.3, 0.4) is 0 Å². The van der Waals surface area contributed by atoms with E-state index in [-0.39, 0.29) is 6.10 Å². The zero-order valence-electron chi connectivity index (χ0n) is 19.3. The molecule has 1 heteroatoms. The molecule has 3 fully saturated rings. The Hall–Kier alpha value is -0.300. The largest absolute Gasteiger partial charge is 0.393 e. The number of rotatable bonds is 5. The molecule has 0 bridgehead atoms. The van der Waals surface area contributed by atoms with Crippen LogP contribution in [-0.4, -0.2) is 11.2 Å². The average molecular weight is 387 g/mol. The summed E-state index contributed by atoms with van der Waals surface area (Å²) < 4.78 is 0. The van der Waals surface area contributed by atoms with Gasteiger partial charge in [-0.05, 0) is 97.7 Å². The standard InChI is InChI=1S/C27H46O/c1-18(2)7-6-8-19(3)23-11-12-24-22-10-9-20-17-21(28)13-15-26(20,4)25(22)14-16-27(23,24)5/h9,18-19,21-25,28H,6-8,10-17H2,1-5H3/t19?,21-,22?,23+,24-,25-,26-,27+/m0/s1. The van der Waals surface area contributed by atoms with Crippen LogP contribution in [0.2, 0.25) is 0 Å². The van der Waals surface area contributed by atoms with E-state index in [4.69, 9.17) is 0 Å². The van der Waals surface area contributed by atoms with E-state index >= 15 is 0 Å². The van der Waals surface area contributed by atoms with Crippen molar-refractivity contribution in [1.82, 2.24) is 0 Å². The topological polar surface area (TPSA) is 20.2 Å². The van der Waals surface area contributed by atoms with Gasteiger partial charge in [0.05, 0.1) is 6.10 Å². The van der Waals surface area contributed by atoms with Crippen molar-refractivity contribution in [3.05, 3.63) is 11.6 Å². The molecule has 0 amide bonds. The van der Waals surface area contributed by atoms with Crippen LogP contribution < -0.4 is 0 Å². The average Bonchev–Trinajstić information content (AvgIpc) is 2.99. The van der Waals surface area contributed by atoms with E-state index in [1.54, 1.807) is 5.57 Å². The van der Waals surface area contributed by atoms with Gasteiger partial charge >= 0.3 is 0 Å². The highest BCUT2D eigenvalue weighted by molar-refractivity contribution is 5.25. The molecule has 4 rings (SSSR count). The fraction of sp³-hybridized carbons (Fsp3) is 0.926. The number of aliphatic hydroxyl groups is 1. The molecule has 0 saturated heterocycles. The second-order valence-corrected chi connectivity index (χ2v) is 12.2. The molecule has 1 nitrogen and oxygen atoms in total. The van der Waals surface area contributed by atoms with Crippen LogP contribution in [0.4, 0.5) is 0 Å². The molecule has 8 atom stereocenters. The minimum atomic E-state index is -0.0766. The fourth-order valence-corrected chi connectivity index (χ4v) is 8.67. The molecule has 2 unspecified atom stereocenters. The second kappa shape index (κ2) is 7.75. The second-order valence-electron chi connectivity index (χ2n) is 12.2. The maximum Gasteiger partial charge on any atom is 0.0577 e. The molecular formula is C27H46O. The predicted octanol–water partition coefficient (Wildman–Crippen LogP) is 7.39. The van der Waals surface area contributed by atoms with Gasteiger partial charge in [0.2, 0.25) is 0 Å². The van der Waals surface area contributed by atoms with Crippen molar-refractivity contribution in [1.29, 1.82) is 0 Å². The third-order valence-corrected chi connectivity index (χ3v) is 10.3. The van der Waals surface area contributed by atoms with E-state index in [0.717, 1.165) is 48.3 Å². The quantitative estimate of drug-likeness (QED) is 0.488. The first-order valence-electron chi connectivity index (χ1n) is 12.6.